The van der Waals surface area contributed by atoms with E-state index >= 15 is 0 Å². The predicted molar refractivity (Wildman–Crippen MR) is 46.3 cm³/mol. The molecule has 0 aromatic rings. The zero-order chi connectivity index (χ0) is 8.16. The topological polar surface area (TPSA) is 20.2 Å². The third-order valence-electron chi connectivity index (χ3n) is 2.98. The fraction of sp³-hybridized carbons (Fsp3) is 1.00. The number of aliphatic hydroxyl groups excluding tert-OH is 1. The Balaban J connectivity index is 2.33. The van der Waals surface area contributed by atoms with Crippen LogP contribution in [-0.4, -0.2) is 42.4 Å². The summed E-state index contributed by atoms with van der Waals surface area (Å²) < 4.78 is 1.26. The van der Waals surface area contributed by atoms with E-state index in [9.17, 15) is 0 Å². The zero-order valence-electron chi connectivity index (χ0n) is 7.55. The molecule has 2 nitrogen and oxygen atoms in total. The van der Waals surface area contributed by atoms with Crippen molar-refractivity contribution in [2.24, 2.45) is 0 Å². The maximum Gasteiger partial charge on any atom is 0.0808 e. The van der Waals surface area contributed by atoms with Crippen LogP contribution in [0, 0.1) is 0 Å². The second-order valence-corrected chi connectivity index (χ2v) is 3.61. The minimum Gasteiger partial charge on any atom is -0.396 e. The van der Waals surface area contributed by atoms with Crippen LogP contribution in [0.5, 0.6) is 0 Å². The molecule has 1 heterocycles. The molecule has 1 N–H and O–H groups in total. The summed E-state index contributed by atoms with van der Waals surface area (Å²) in [5, 5.41) is 8.73. The van der Waals surface area contributed by atoms with E-state index in [1.165, 1.54) is 43.5 Å². The summed E-state index contributed by atoms with van der Waals surface area (Å²) in [6.07, 6.45) is 3.76. The summed E-state index contributed by atoms with van der Waals surface area (Å²) in [5.41, 5.74) is 0. The average molecular weight is 158 g/mol. The molecule has 0 bridgehead atoms. The van der Waals surface area contributed by atoms with Crippen molar-refractivity contribution >= 4 is 0 Å². The summed E-state index contributed by atoms with van der Waals surface area (Å²) in [6.45, 7) is 7.75. The lowest BCUT2D eigenvalue weighted by Crippen LogP contribution is -2.45. The Bertz CT molecular complexity index is 108. The van der Waals surface area contributed by atoms with Crippen molar-refractivity contribution < 1.29 is 9.59 Å². The van der Waals surface area contributed by atoms with Crippen molar-refractivity contribution in [3.05, 3.63) is 0 Å². The molecular weight excluding hydrogens is 138 g/mol. The average Bonchev–Trinajstić information content (AvgIpc) is 2.50. The van der Waals surface area contributed by atoms with Crippen molar-refractivity contribution in [3.8, 4) is 0 Å². The first-order chi connectivity index (χ1) is 5.33. The number of quaternary nitrogens is 1. The van der Waals surface area contributed by atoms with Gasteiger partial charge in [-0.2, -0.15) is 0 Å². The van der Waals surface area contributed by atoms with Crippen molar-refractivity contribution in [1.82, 2.24) is 0 Å². The third kappa shape index (κ3) is 2.17. The molecule has 1 aliphatic rings. The fourth-order valence-electron chi connectivity index (χ4n) is 2.11. The largest absolute Gasteiger partial charge is 0.396 e. The number of nitrogens with zero attached hydrogens (tertiary/aromatic N) is 1. The maximum absolute atomic E-state index is 8.73. The summed E-state index contributed by atoms with van der Waals surface area (Å²) >= 11 is 0. The lowest BCUT2D eigenvalue weighted by molar-refractivity contribution is -0.915. The highest BCUT2D eigenvalue weighted by molar-refractivity contribution is 4.53. The Morgan fingerprint density at radius 2 is 1.91 bits per heavy atom. The second kappa shape index (κ2) is 4.07. The smallest absolute Gasteiger partial charge is 0.0808 e. The molecule has 1 saturated heterocycles. The van der Waals surface area contributed by atoms with Gasteiger partial charge >= 0.3 is 0 Å². The van der Waals surface area contributed by atoms with Crippen molar-refractivity contribution in [2.75, 3.05) is 32.8 Å². The van der Waals surface area contributed by atoms with Crippen LogP contribution >= 0.6 is 0 Å². The van der Waals surface area contributed by atoms with E-state index < -0.39 is 0 Å². The highest BCUT2D eigenvalue weighted by Crippen LogP contribution is 2.18. The van der Waals surface area contributed by atoms with Crippen molar-refractivity contribution in [1.29, 1.82) is 0 Å². The number of hydrogen-bond acceptors (Lipinski definition) is 1. The van der Waals surface area contributed by atoms with Crippen LogP contribution in [0.4, 0.5) is 0 Å². The molecule has 2 heteroatoms. The van der Waals surface area contributed by atoms with Gasteiger partial charge in [-0.3, -0.25) is 0 Å². The molecule has 66 valence electrons. The molecule has 0 amide bonds. The standard InChI is InChI=1S/C9H20NO/c1-2-10(8-5-9-11)6-3-4-7-10/h11H,2-9H2,1H3/q+1. The molecule has 0 aromatic heterocycles. The minimum absolute atomic E-state index is 0.361. The van der Waals surface area contributed by atoms with Crippen LogP contribution in [0.25, 0.3) is 0 Å². The molecule has 0 aromatic carbocycles. The quantitative estimate of drug-likeness (QED) is 0.605. The minimum atomic E-state index is 0.361. The van der Waals surface area contributed by atoms with Gasteiger partial charge in [-0.25, -0.2) is 0 Å². The van der Waals surface area contributed by atoms with E-state index in [1.807, 2.05) is 0 Å². The molecule has 11 heavy (non-hydrogen) atoms. The van der Waals surface area contributed by atoms with Crippen LogP contribution in [-0.2, 0) is 0 Å². The van der Waals surface area contributed by atoms with Crippen LogP contribution in [0.15, 0.2) is 0 Å². The van der Waals surface area contributed by atoms with Gasteiger partial charge in [-0.05, 0) is 6.92 Å². The Hall–Kier alpha value is -0.0800. The van der Waals surface area contributed by atoms with Gasteiger partial charge in [-0.15, -0.1) is 0 Å². The first-order valence-corrected chi connectivity index (χ1v) is 4.79. The Labute approximate surface area is 69.4 Å². The molecule has 0 spiro atoms. The fourth-order valence-corrected chi connectivity index (χ4v) is 2.11. The molecule has 0 saturated carbocycles. The molecule has 0 radical (unpaired) electrons. The second-order valence-electron chi connectivity index (χ2n) is 3.61. The van der Waals surface area contributed by atoms with Gasteiger partial charge in [0.15, 0.2) is 0 Å². The molecule has 0 atom stereocenters. The number of likely N-dealkylation sites (tertiary alicyclic amines) is 1. The van der Waals surface area contributed by atoms with Gasteiger partial charge in [0.25, 0.3) is 0 Å². The monoisotopic (exact) mass is 158 g/mol. The van der Waals surface area contributed by atoms with Gasteiger partial charge in [0.1, 0.15) is 0 Å². The number of rotatable bonds is 4. The predicted octanol–water partition coefficient (Wildman–Crippen LogP) is 0.999. The van der Waals surface area contributed by atoms with Crippen LogP contribution in [0.2, 0.25) is 0 Å². The Morgan fingerprint density at radius 3 is 2.36 bits per heavy atom. The van der Waals surface area contributed by atoms with E-state index in [1.54, 1.807) is 0 Å². The lowest BCUT2D eigenvalue weighted by Gasteiger charge is -2.32. The van der Waals surface area contributed by atoms with E-state index in [4.69, 9.17) is 5.11 Å². The van der Waals surface area contributed by atoms with Gasteiger partial charge in [0, 0.05) is 25.9 Å². The Kier molecular flexibility index (Phi) is 3.34. The first kappa shape index (κ1) is 9.01. The lowest BCUT2D eigenvalue weighted by atomic mass is 10.3. The zero-order valence-corrected chi connectivity index (χ0v) is 7.55. The van der Waals surface area contributed by atoms with E-state index in [-0.39, 0.29) is 0 Å². The van der Waals surface area contributed by atoms with E-state index in [0.717, 1.165) is 6.42 Å². The summed E-state index contributed by atoms with van der Waals surface area (Å²) in [4.78, 5) is 0. The van der Waals surface area contributed by atoms with Crippen molar-refractivity contribution in [3.63, 3.8) is 0 Å². The van der Waals surface area contributed by atoms with Crippen LogP contribution < -0.4 is 0 Å². The van der Waals surface area contributed by atoms with Crippen molar-refractivity contribution in [2.45, 2.75) is 26.2 Å². The van der Waals surface area contributed by atoms with Gasteiger partial charge in [-0.1, -0.05) is 0 Å². The highest BCUT2D eigenvalue weighted by Gasteiger charge is 2.28. The van der Waals surface area contributed by atoms with Gasteiger partial charge < -0.3 is 9.59 Å². The normalized spacial score (nSPS) is 22.4. The summed E-state index contributed by atoms with van der Waals surface area (Å²) in [6, 6.07) is 0. The summed E-state index contributed by atoms with van der Waals surface area (Å²) in [5.74, 6) is 0. The Morgan fingerprint density at radius 1 is 1.27 bits per heavy atom. The number of aliphatic hydroxyl groups is 1. The van der Waals surface area contributed by atoms with E-state index in [0.29, 0.717) is 6.61 Å². The van der Waals surface area contributed by atoms with E-state index in [2.05, 4.69) is 6.92 Å². The highest BCUT2D eigenvalue weighted by atomic mass is 16.3. The maximum atomic E-state index is 8.73. The molecule has 1 fully saturated rings. The number of hydrogen-bond donors (Lipinski definition) is 1. The molecule has 1 rings (SSSR count). The summed E-state index contributed by atoms with van der Waals surface area (Å²) in [7, 11) is 0. The molecule has 0 aliphatic carbocycles. The first-order valence-electron chi connectivity index (χ1n) is 4.79. The van der Waals surface area contributed by atoms with Gasteiger partial charge in [0.05, 0.1) is 26.2 Å². The molecular formula is C9H20NO+. The van der Waals surface area contributed by atoms with Crippen LogP contribution in [0.1, 0.15) is 26.2 Å². The molecule has 1 aliphatic heterocycles. The third-order valence-corrected chi connectivity index (χ3v) is 2.98. The molecule has 0 unspecified atom stereocenters. The SMILES string of the molecule is CC[N+]1(CCCO)CCCC1. The van der Waals surface area contributed by atoms with Crippen LogP contribution in [0.3, 0.4) is 0 Å². The van der Waals surface area contributed by atoms with Gasteiger partial charge in [0.2, 0.25) is 0 Å².